The Bertz CT molecular complexity index is 517. The first-order valence-corrected chi connectivity index (χ1v) is 8.09. The number of benzene rings is 1. The summed E-state index contributed by atoms with van der Waals surface area (Å²) in [6.07, 6.45) is 3.58. The van der Waals surface area contributed by atoms with Gasteiger partial charge in [0.1, 0.15) is 0 Å². The molecule has 100 valence electrons. The minimum absolute atomic E-state index is 0.646. The van der Waals surface area contributed by atoms with Crippen molar-refractivity contribution in [1.29, 1.82) is 0 Å². The normalized spacial score (nSPS) is 22.2. The van der Waals surface area contributed by atoms with Crippen molar-refractivity contribution in [2.24, 2.45) is 0 Å². The lowest BCUT2D eigenvalue weighted by molar-refractivity contribution is 0.293. The van der Waals surface area contributed by atoms with E-state index in [-0.39, 0.29) is 0 Å². The van der Waals surface area contributed by atoms with Gasteiger partial charge in [-0.25, -0.2) is 0 Å². The van der Waals surface area contributed by atoms with E-state index >= 15 is 0 Å². The van der Waals surface area contributed by atoms with E-state index in [1.54, 1.807) is 0 Å². The van der Waals surface area contributed by atoms with E-state index in [9.17, 15) is 0 Å². The van der Waals surface area contributed by atoms with Crippen molar-refractivity contribution in [3.8, 4) is 0 Å². The second kappa shape index (κ2) is 6.08. The van der Waals surface area contributed by atoms with Gasteiger partial charge in [-0.1, -0.05) is 35.9 Å². The summed E-state index contributed by atoms with van der Waals surface area (Å²) in [7, 11) is 0. The zero-order valence-electron chi connectivity index (χ0n) is 10.8. The Morgan fingerprint density at radius 2 is 2.00 bits per heavy atom. The van der Waals surface area contributed by atoms with Gasteiger partial charge in [0, 0.05) is 22.5 Å². The van der Waals surface area contributed by atoms with E-state index in [0.29, 0.717) is 12.0 Å². The minimum Gasteiger partial charge on any atom is -0.314 e. The summed E-state index contributed by atoms with van der Waals surface area (Å²) in [5, 5.41) is 6.71. The van der Waals surface area contributed by atoms with Crippen LogP contribution in [0, 0.1) is 0 Å². The minimum atomic E-state index is 0.646. The molecule has 1 nitrogen and oxygen atoms in total. The predicted octanol–water partition coefficient (Wildman–Crippen LogP) is 4.48. The van der Waals surface area contributed by atoms with Crippen LogP contribution in [0.25, 0.3) is 0 Å². The van der Waals surface area contributed by atoms with Crippen LogP contribution in [0.1, 0.15) is 29.2 Å². The highest BCUT2D eigenvalue weighted by molar-refractivity contribution is 7.09. The fraction of sp³-hybridized carbons (Fsp3) is 0.375. The van der Waals surface area contributed by atoms with Crippen LogP contribution in [0.5, 0.6) is 0 Å². The van der Waals surface area contributed by atoms with Crippen LogP contribution in [0.15, 0.2) is 41.8 Å². The number of hydrogen-bond acceptors (Lipinski definition) is 2. The van der Waals surface area contributed by atoms with Crippen molar-refractivity contribution in [3.63, 3.8) is 0 Å². The molecule has 0 atom stereocenters. The fourth-order valence-electron chi connectivity index (χ4n) is 2.70. The molecule has 0 bridgehead atoms. The average molecular weight is 292 g/mol. The first kappa shape index (κ1) is 13.2. The molecule has 3 rings (SSSR count). The lowest BCUT2D eigenvalue weighted by Crippen LogP contribution is -2.41. The third-order valence-corrected chi connectivity index (χ3v) is 5.15. The Morgan fingerprint density at radius 1 is 1.16 bits per heavy atom. The zero-order valence-corrected chi connectivity index (χ0v) is 12.4. The Labute approximate surface area is 123 Å². The molecule has 1 saturated carbocycles. The largest absolute Gasteiger partial charge is 0.314 e. The summed E-state index contributed by atoms with van der Waals surface area (Å²) in [5.74, 6) is 0.646. The van der Waals surface area contributed by atoms with Gasteiger partial charge < -0.3 is 5.32 Å². The standard InChI is InChI=1S/C16H18ClNS/c17-16-6-2-1-5-15(16)12-10-13(11-12)18-8-7-14-4-3-9-19-14/h1-6,9,12-13,18H,7-8,10-11H2. The molecular formula is C16H18ClNS. The molecule has 1 fully saturated rings. The van der Waals surface area contributed by atoms with Crippen LogP contribution in [-0.4, -0.2) is 12.6 Å². The summed E-state index contributed by atoms with van der Waals surface area (Å²) >= 11 is 8.07. The van der Waals surface area contributed by atoms with Gasteiger partial charge >= 0.3 is 0 Å². The molecule has 19 heavy (non-hydrogen) atoms. The molecule has 3 heteroatoms. The van der Waals surface area contributed by atoms with Crippen LogP contribution in [-0.2, 0) is 6.42 Å². The third kappa shape index (κ3) is 3.19. The van der Waals surface area contributed by atoms with Gasteiger partial charge in [0.05, 0.1) is 0 Å². The predicted molar refractivity (Wildman–Crippen MR) is 83.2 cm³/mol. The second-order valence-corrected chi connectivity index (χ2v) is 6.61. The van der Waals surface area contributed by atoms with E-state index in [2.05, 4.69) is 35.0 Å². The maximum absolute atomic E-state index is 6.23. The molecule has 1 aromatic heterocycles. The van der Waals surface area contributed by atoms with Crippen molar-refractivity contribution in [2.75, 3.05) is 6.54 Å². The molecule has 2 aromatic rings. The molecule has 1 heterocycles. The van der Waals surface area contributed by atoms with Crippen molar-refractivity contribution in [3.05, 3.63) is 57.2 Å². The summed E-state index contributed by atoms with van der Waals surface area (Å²) < 4.78 is 0. The first-order valence-electron chi connectivity index (χ1n) is 6.83. The van der Waals surface area contributed by atoms with E-state index in [4.69, 9.17) is 11.6 Å². The lowest BCUT2D eigenvalue weighted by Gasteiger charge is -2.36. The van der Waals surface area contributed by atoms with Gasteiger partial charge in [-0.3, -0.25) is 0 Å². The monoisotopic (exact) mass is 291 g/mol. The van der Waals surface area contributed by atoms with Crippen LogP contribution < -0.4 is 5.32 Å². The zero-order chi connectivity index (χ0) is 13.1. The number of thiophene rings is 1. The molecule has 1 aliphatic rings. The first-order chi connectivity index (χ1) is 9.33. The summed E-state index contributed by atoms with van der Waals surface area (Å²) in [4.78, 5) is 1.47. The smallest absolute Gasteiger partial charge is 0.0440 e. The molecule has 0 aliphatic heterocycles. The molecule has 1 aromatic carbocycles. The molecule has 1 aliphatic carbocycles. The number of rotatable bonds is 5. The fourth-order valence-corrected chi connectivity index (χ4v) is 3.70. The highest BCUT2D eigenvalue weighted by Gasteiger charge is 2.30. The van der Waals surface area contributed by atoms with Crippen molar-refractivity contribution < 1.29 is 0 Å². The average Bonchev–Trinajstić information content (AvgIpc) is 2.87. The number of hydrogen-bond donors (Lipinski definition) is 1. The third-order valence-electron chi connectivity index (χ3n) is 3.87. The Hall–Kier alpha value is -0.830. The topological polar surface area (TPSA) is 12.0 Å². The van der Waals surface area contributed by atoms with E-state index in [1.165, 1.54) is 23.3 Å². The highest BCUT2D eigenvalue weighted by atomic mass is 35.5. The van der Waals surface area contributed by atoms with E-state index < -0.39 is 0 Å². The van der Waals surface area contributed by atoms with Crippen molar-refractivity contribution in [1.82, 2.24) is 5.32 Å². The molecule has 0 radical (unpaired) electrons. The van der Waals surface area contributed by atoms with Gasteiger partial charge in [-0.15, -0.1) is 11.3 Å². The van der Waals surface area contributed by atoms with Gasteiger partial charge in [0.25, 0.3) is 0 Å². The van der Waals surface area contributed by atoms with Crippen molar-refractivity contribution >= 4 is 22.9 Å². The van der Waals surface area contributed by atoms with Crippen LogP contribution >= 0.6 is 22.9 Å². The van der Waals surface area contributed by atoms with Crippen LogP contribution in [0.4, 0.5) is 0 Å². The maximum atomic E-state index is 6.23. The lowest BCUT2D eigenvalue weighted by atomic mass is 9.76. The molecule has 0 spiro atoms. The second-order valence-electron chi connectivity index (χ2n) is 5.17. The summed E-state index contributed by atoms with van der Waals surface area (Å²) in [6.45, 7) is 1.08. The molecule has 0 unspecified atom stereocenters. The Morgan fingerprint density at radius 3 is 2.74 bits per heavy atom. The quantitative estimate of drug-likeness (QED) is 0.856. The van der Waals surface area contributed by atoms with Gasteiger partial charge in [-0.05, 0) is 48.3 Å². The number of halogens is 1. The van der Waals surface area contributed by atoms with E-state index in [0.717, 1.165) is 18.0 Å². The van der Waals surface area contributed by atoms with Gasteiger partial charge in [0.2, 0.25) is 0 Å². The van der Waals surface area contributed by atoms with Crippen molar-refractivity contribution in [2.45, 2.75) is 31.2 Å². The number of nitrogens with one attached hydrogen (secondary N) is 1. The summed E-state index contributed by atoms with van der Waals surface area (Å²) in [6, 6.07) is 13.2. The van der Waals surface area contributed by atoms with Gasteiger partial charge in [-0.2, -0.15) is 0 Å². The Balaban J connectivity index is 1.42. The van der Waals surface area contributed by atoms with Crippen LogP contribution in [0.3, 0.4) is 0 Å². The van der Waals surface area contributed by atoms with Gasteiger partial charge in [0.15, 0.2) is 0 Å². The summed E-state index contributed by atoms with van der Waals surface area (Å²) in [5.41, 5.74) is 1.32. The molecular weight excluding hydrogens is 274 g/mol. The Kier molecular flexibility index (Phi) is 4.21. The SMILES string of the molecule is Clc1ccccc1C1CC(NCCc2cccs2)C1. The molecule has 1 N–H and O–H groups in total. The van der Waals surface area contributed by atoms with E-state index in [1.807, 2.05) is 23.5 Å². The molecule has 0 saturated heterocycles. The molecule has 0 amide bonds. The van der Waals surface area contributed by atoms with Crippen LogP contribution in [0.2, 0.25) is 5.02 Å². The maximum Gasteiger partial charge on any atom is 0.0440 e. The highest BCUT2D eigenvalue weighted by Crippen LogP contribution is 2.39.